The zero-order valence-corrected chi connectivity index (χ0v) is 9.06. The van der Waals surface area contributed by atoms with Gasteiger partial charge in [0.2, 0.25) is 0 Å². The Hall–Kier alpha value is -0.0400. The molecule has 1 atom stereocenters. The molecule has 0 saturated heterocycles. The topological polar surface area (TPSA) is 20.2 Å². The van der Waals surface area contributed by atoms with Gasteiger partial charge in [-0.05, 0) is 24.7 Å². The van der Waals surface area contributed by atoms with Crippen molar-refractivity contribution in [3.8, 4) is 0 Å². The van der Waals surface area contributed by atoms with Crippen LogP contribution in [0.25, 0.3) is 0 Å². The summed E-state index contributed by atoms with van der Waals surface area (Å²) in [5.41, 5.74) is 0.368. The molecule has 0 aromatic carbocycles. The number of unbranched alkanes of at least 4 members (excludes halogenated alkanes) is 1. The Balaban J connectivity index is 3.37. The lowest BCUT2D eigenvalue weighted by atomic mass is 9.88. The molecule has 0 amide bonds. The largest absolute Gasteiger partial charge is 0.393 e. The third kappa shape index (κ3) is 8.06. The van der Waals surface area contributed by atoms with Crippen LogP contribution in [0.3, 0.4) is 0 Å². The van der Waals surface area contributed by atoms with Gasteiger partial charge in [0.05, 0.1) is 6.10 Å². The minimum Gasteiger partial charge on any atom is -0.393 e. The Bertz CT molecular complexity index is 102. The lowest BCUT2D eigenvalue weighted by Gasteiger charge is -2.20. The molecule has 0 saturated carbocycles. The minimum absolute atomic E-state index is 0.0656. The highest BCUT2D eigenvalue weighted by Gasteiger charge is 2.12. The molecule has 1 nitrogen and oxygen atoms in total. The van der Waals surface area contributed by atoms with Gasteiger partial charge in [0.1, 0.15) is 0 Å². The summed E-state index contributed by atoms with van der Waals surface area (Å²) in [5, 5.41) is 9.54. The van der Waals surface area contributed by atoms with Crippen molar-refractivity contribution in [2.45, 2.75) is 65.9 Å². The van der Waals surface area contributed by atoms with Gasteiger partial charge in [0, 0.05) is 0 Å². The van der Waals surface area contributed by atoms with Gasteiger partial charge in [-0.2, -0.15) is 0 Å². The van der Waals surface area contributed by atoms with E-state index in [0.29, 0.717) is 5.41 Å². The summed E-state index contributed by atoms with van der Waals surface area (Å²) < 4.78 is 0. The number of aliphatic hydroxyl groups excluding tert-OH is 1. The highest BCUT2D eigenvalue weighted by molar-refractivity contribution is 4.65. The highest BCUT2D eigenvalue weighted by Crippen LogP contribution is 2.22. The van der Waals surface area contributed by atoms with Crippen LogP contribution in [0.15, 0.2) is 0 Å². The second kappa shape index (κ2) is 5.58. The van der Waals surface area contributed by atoms with Gasteiger partial charge in [0.25, 0.3) is 0 Å². The van der Waals surface area contributed by atoms with Crippen LogP contribution in [0.5, 0.6) is 0 Å². The molecule has 0 aromatic rings. The fourth-order valence-electron chi connectivity index (χ4n) is 1.18. The quantitative estimate of drug-likeness (QED) is 0.674. The molecule has 12 heavy (non-hydrogen) atoms. The van der Waals surface area contributed by atoms with Crippen LogP contribution < -0.4 is 0 Å². The maximum absolute atomic E-state index is 9.54. The Morgan fingerprint density at radius 1 is 1.17 bits per heavy atom. The van der Waals surface area contributed by atoms with Crippen LogP contribution in [-0.2, 0) is 0 Å². The smallest absolute Gasteiger partial charge is 0.0540 e. The highest BCUT2D eigenvalue weighted by atomic mass is 16.3. The molecule has 0 bridgehead atoms. The monoisotopic (exact) mass is 172 g/mol. The van der Waals surface area contributed by atoms with E-state index in [2.05, 4.69) is 27.7 Å². The Morgan fingerprint density at radius 2 is 1.75 bits per heavy atom. The Morgan fingerprint density at radius 3 is 2.17 bits per heavy atom. The van der Waals surface area contributed by atoms with Gasteiger partial charge in [0.15, 0.2) is 0 Å². The predicted molar refractivity (Wildman–Crippen MR) is 54.2 cm³/mol. The van der Waals surface area contributed by atoms with Crippen molar-refractivity contribution < 1.29 is 5.11 Å². The van der Waals surface area contributed by atoms with Gasteiger partial charge >= 0.3 is 0 Å². The van der Waals surface area contributed by atoms with Gasteiger partial charge in [-0.1, -0.05) is 40.5 Å². The molecule has 74 valence electrons. The summed E-state index contributed by atoms with van der Waals surface area (Å²) >= 11 is 0. The number of hydrogen-bond acceptors (Lipinski definition) is 1. The number of aliphatic hydroxyl groups is 1. The van der Waals surface area contributed by atoms with Crippen LogP contribution in [0.1, 0.15) is 59.8 Å². The molecular weight excluding hydrogens is 148 g/mol. The second-order valence-electron chi connectivity index (χ2n) is 4.90. The average molecular weight is 172 g/mol. The summed E-state index contributed by atoms with van der Waals surface area (Å²) in [7, 11) is 0. The summed E-state index contributed by atoms with van der Waals surface area (Å²) in [4.78, 5) is 0. The molecule has 0 heterocycles. The Kier molecular flexibility index (Phi) is 5.56. The van der Waals surface area contributed by atoms with Crippen molar-refractivity contribution in [3.63, 3.8) is 0 Å². The first-order valence-corrected chi connectivity index (χ1v) is 5.14. The van der Waals surface area contributed by atoms with Crippen LogP contribution in [0.4, 0.5) is 0 Å². The molecule has 0 aliphatic heterocycles. The number of rotatable bonds is 5. The van der Waals surface area contributed by atoms with E-state index in [4.69, 9.17) is 0 Å². The maximum Gasteiger partial charge on any atom is 0.0540 e. The SMILES string of the molecule is CCCCC(O)CCC(C)(C)C. The average Bonchev–Trinajstić information content (AvgIpc) is 1.95. The Labute approximate surface area is 77.2 Å². The van der Waals surface area contributed by atoms with E-state index in [1.807, 2.05) is 0 Å². The molecule has 0 fully saturated rings. The van der Waals surface area contributed by atoms with Crippen LogP contribution >= 0.6 is 0 Å². The number of hydrogen-bond donors (Lipinski definition) is 1. The van der Waals surface area contributed by atoms with Crippen LogP contribution in [0.2, 0.25) is 0 Å². The van der Waals surface area contributed by atoms with Crippen LogP contribution in [-0.4, -0.2) is 11.2 Å². The summed E-state index contributed by atoms with van der Waals surface area (Å²) in [6.07, 6.45) is 5.34. The van der Waals surface area contributed by atoms with Crippen molar-refractivity contribution in [1.29, 1.82) is 0 Å². The fourth-order valence-corrected chi connectivity index (χ4v) is 1.18. The molecule has 1 unspecified atom stereocenters. The molecule has 0 spiro atoms. The molecular formula is C11H24O. The van der Waals surface area contributed by atoms with E-state index in [-0.39, 0.29) is 6.10 Å². The van der Waals surface area contributed by atoms with Gasteiger partial charge in [-0.3, -0.25) is 0 Å². The summed E-state index contributed by atoms with van der Waals surface area (Å²) in [6, 6.07) is 0. The van der Waals surface area contributed by atoms with Gasteiger partial charge in [-0.15, -0.1) is 0 Å². The van der Waals surface area contributed by atoms with E-state index in [1.54, 1.807) is 0 Å². The molecule has 1 N–H and O–H groups in total. The van der Waals surface area contributed by atoms with E-state index in [0.717, 1.165) is 25.7 Å². The molecule has 1 heteroatoms. The zero-order valence-electron chi connectivity index (χ0n) is 9.06. The molecule has 0 aromatic heterocycles. The normalized spacial score (nSPS) is 14.8. The van der Waals surface area contributed by atoms with Crippen molar-refractivity contribution in [2.75, 3.05) is 0 Å². The van der Waals surface area contributed by atoms with Crippen molar-refractivity contribution in [2.24, 2.45) is 5.41 Å². The van der Waals surface area contributed by atoms with E-state index < -0.39 is 0 Å². The predicted octanol–water partition coefficient (Wildman–Crippen LogP) is 3.36. The van der Waals surface area contributed by atoms with E-state index in [9.17, 15) is 5.11 Å². The maximum atomic E-state index is 9.54. The summed E-state index contributed by atoms with van der Waals surface area (Å²) in [6.45, 7) is 8.83. The van der Waals surface area contributed by atoms with Crippen molar-refractivity contribution in [3.05, 3.63) is 0 Å². The molecule has 0 radical (unpaired) electrons. The lowest BCUT2D eigenvalue weighted by Crippen LogP contribution is -2.12. The standard InChI is InChI=1S/C11H24O/c1-5-6-7-10(12)8-9-11(2,3)4/h10,12H,5-9H2,1-4H3. The molecule has 0 rings (SSSR count). The summed E-state index contributed by atoms with van der Waals surface area (Å²) in [5.74, 6) is 0. The van der Waals surface area contributed by atoms with Crippen molar-refractivity contribution in [1.82, 2.24) is 0 Å². The fraction of sp³-hybridized carbons (Fsp3) is 1.00. The van der Waals surface area contributed by atoms with Crippen LogP contribution in [0, 0.1) is 5.41 Å². The van der Waals surface area contributed by atoms with Crippen molar-refractivity contribution >= 4 is 0 Å². The molecule has 0 aliphatic carbocycles. The first-order chi connectivity index (χ1) is 5.45. The van der Waals surface area contributed by atoms with Gasteiger partial charge in [-0.25, -0.2) is 0 Å². The van der Waals surface area contributed by atoms with E-state index >= 15 is 0 Å². The first kappa shape index (κ1) is 12.0. The van der Waals surface area contributed by atoms with E-state index in [1.165, 1.54) is 6.42 Å². The van der Waals surface area contributed by atoms with Gasteiger partial charge < -0.3 is 5.11 Å². The molecule has 0 aliphatic rings. The minimum atomic E-state index is -0.0656. The third-order valence-corrected chi connectivity index (χ3v) is 2.12. The first-order valence-electron chi connectivity index (χ1n) is 5.14. The third-order valence-electron chi connectivity index (χ3n) is 2.12. The second-order valence-corrected chi connectivity index (χ2v) is 4.90. The lowest BCUT2D eigenvalue weighted by molar-refractivity contribution is 0.134. The zero-order chi connectivity index (χ0) is 9.61.